The largest absolute Gasteiger partial charge is 0.285 e. The molecule has 1 atom stereocenters. The molecule has 1 aliphatic rings. The summed E-state index contributed by atoms with van der Waals surface area (Å²) in [5, 5.41) is 0. The molecular formula is C15H12ClN3. The lowest BCUT2D eigenvalue weighted by Gasteiger charge is -2.25. The molecule has 0 saturated carbocycles. The highest BCUT2D eigenvalue weighted by Crippen LogP contribution is 2.20. The molecule has 0 fully saturated rings. The average Bonchev–Trinajstić information content (AvgIpc) is 2.49. The fourth-order valence-corrected chi connectivity index (χ4v) is 2.09. The molecule has 2 aromatic carbocycles. The molecule has 1 unspecified atom stereocenters. The van der Waals surface area contributed by atoms with E-state index in [1.54, 1.807) is 6.34 Å². The Hall–Kier alpha value is -2.13. The Labute approximate surface area is 116 Å². The third-order valence-corrected chi connectivity index (χ3v) is 3.04. The molecule has 94 valence electrons. The maximum atomic E-state index is 6.00. The molecule has 3 nitrogen and oxygen atoms in total. The highest BCUT2D eigenvalue weighted by atomic mass is 35.5. The number of rotatable bonds is 2. The van der Waals surface area contributed by atoms with Crippen LogP contribution in [0.3, 0.4) is 0 Å². The van der Waals surface area contributed by atoms with Gasteiger partial charge in [-0.3, -0.25) is 4.90 Å². The Bertz CT molecular complexity index is 608. The third kappa shape index (κ3) is 2.51. The van der Waals surface area contributed by atoms with Crippen LogP contribution in [0.25, 0.3) is 0 Å². The van der Waals surface area contributed by atoms with Gasteiger partial charge in [-0.25, -0.2) is 9.98 Å². The molecule has 0 N–H and O–H groups in total. The fourth-order valence-electron chi connectivity index (χ4n) is 1.95. The van der Waals surface area contributed by atoms with E-state index in [0.717, 1.165) is 17.1 Å². The van der Waals surface area contributed by atoms with Gasteiger partial charge in [0.1, 0.15) is 5.84 Å². The Morgan fingerprint density at radius 1 is 0.895 bits per heavy atom. The predicted octanol–water partition coefficient (Wildman–Crippen LogP) is 3.50. The van der Waals surface area contributed by atoms with Crippen LogP contribution in [0, 0.1) is 0 Å². The van der Waals surface area contributed by atoms with Crippen molar-refractivity contribution in [2.24, 2.45) is 9.98 Å². The SMILES string of the molecule is ClC1N=CN(c2ccccc2)C(c2ccccc2)=N1. The van der Waals surface area contributed by atoms with E-state index in [0.29, 0.717) is 0 Å². The summed E-state index contributed by atoms with van der Waals surface area (Å²) in [5.74, 6) is 0.807. The van der Waals surface area contributed by atoms with Gasteiger partial charge in [-0.05, 0) is 12.1 Å². The molecule has 3 rings (SSSR count). The van der Waals surface area contributed by atoms with Crippen molar-refractivity contribution in [2.45, 2.75) is 5.62 Å². The number of aliphatic imine (C=N–C) groups is 2. The summed E-state index contributed by atoms with van der Waals surface area (Å²) in [6, 6.07) is 19.9. The van der Waals surface area contributed by atoms with Crippen LogP contribution >= 0.6 is 11.6 Å². The number of halogens is 1. The molecular weight excluding hydrogens is 258 g/mol. The van der Waals surface area contributed by atoms with Gasteiger partial charge < -0.3 is 0 Å². The van der Waals surface area contributed by atoms with E-state index in [-0.39, 0.29) is 0 Å². The lowest BCUT2D eigenvalue weighted by atomic mass is 10.1. The minimum absolute atomic E-state index is 0.560. The quantitative estimate of drug-likeness (QED) is 0.606. The average molecular weight is 270 g/mol. The Morgan fingerprint density at radius 3 is 2.21 bits per heavy atom. The topological polar surface area (TPSA) is 28.0 Å². The number of nitrogens with zero attached hydrogens (tertiary/aromatic N) is 3. The number of amidine groups is 1. The first-order valence-corrected chi connectivity index (χ1v) is 6.43. The molecule has 2 aromatic rings. The monoisotopic (exact) mass is 269 g/mol. The van der Waals surface area contributed by atoms with E-state index in [1.807, 2.05) is 65.6 Å². The Balaban J connectivity index is 2.04. The molecule has 19 heavy (non-hydrogen) atoms. The third-order valence-electron chi connectivity index (χ3n) is 2.83. The maximum absolute atomic E-state index is 6.00. The summed E-state index contributed by atoms with van der Waals surface area (Å²) in [7, 11) is 0. The summed E-state index contributed by atoms with van der Waals surface area (Å²) in [6.07, 6.45) is 1.72. The van der Waals surface area contributed by atoms with Gasteiger partial charge in [0.15, 0.2) is 0 Å². The van der Waals surface area contributed by atoms with Crippen molar-refractivity contribution >= 4 is 29.5 Å². The van der Waals surface area contributed by atoms with Crippen LogP contribution in [0.2, 0.25) is 0 Å². The number of benzene rings is 2. The van der Waals surface area contributed by atoms with Gasteiger partial charge in [0.05, 0.1) is 6.34 Å². The molecule has 0 aliphatic carbocycles. The van der Waals surface area contributed by atoms with Crippen molar-refractivity contribution in [1.82, 2.24) is 0 Å². The maximum Gasteiger partial charge on any atom is 0.218 e. The molecule has 4 heteroatoms. The summed E-state index contributed by atoms with van der Waals surface area (Å²) < 4.78 is 0. The molecule has 0 amide bonds. The van der Waals surface area contributed by atoms with Crippen LogP contribution in [-0.4, -0.2) is 17.8 Å². The highest BCUT2D eigenvalue weighted by molar-refractivity contribution is 6.26. The number of hydrogen-bond acceptors (Lipinski definition) is 3. The first-order chi connectivity index (χ1) is 9.34. The highest BCUT2D eigenvalue weighted by Gasteiger charge is 2.19. The van der Waals surface area contributed by atoms with Gasteiger partial charge in [0, 0.05) is 11.3 Å². The van der Waals surface area contributed by atoms with Crippen molar-refractivity contribution in [1.29, 1.82) is 0 Å². The molecule has 1 aliphatic heterocycles. The second-order valence-corrected chi connectivity index (χ2v) is 4.49. The molecule has 0 bridgehead atoms. The van der Waals surface area contributed by atoms with Gasteiger partial charge in [-0.1, -0.05) is 60.1 Å². The van der Waals surface area contributed by atoms with Crippen molar-refractivity contribution in [2.75, 3.05) is 4.90 Å². The molecule has 1 heterocycles. The van der Waals surface area contributed by atoms with E-state index in [2.05, 4.69) is 9.98 Å². The zero-order chi connectivity index (χ0) is 13.1. The van der Waals surface area contributed by atoms with Crippen LogP contribution in [0.15, 0.2) is 70.6 Å². The van der Waals surface area contributed by atoms with Crippen LogP contribution in [-0.2, 0) is 0 Å². The minimum atomic E-state index is -0.560. The smallest absolute Gasteiger partial charge is 0.218 e. The van der Waals surface area contributed by atoms with Crippen LogP contribution < -0.4 is 4.90 Å². The molecule has 0 aromatic heterocycles. The van der Waals surface area contributed by atoms with Crippen LogP contribution in [0.1, 0.15) is 5.56 Å². The number of alkyl halides is 1. The van der Waals surface area contributed by atoms with Crippen molar-refractivity contribution in [3.8, 4) is 0 Å². The Kier molecular flexibility index (Phi) is 3.29. The number of para-hydroxylation sites is 1. The summed E-state index contributed by atoms with van der Waals surface area (Å²) in [6.45, 7) is 0. The van der Waals surface area contributed by atoms with Crippen LogP contribution in [0.4, 0.5) is 5.69 Å². The van der Waals surface area contributed by atoms with E-state index in [9.17, 15) is 0 Å². The van der Waals surface area contributed by atoms with Gasteiger partial charge in [-0.2, -0.15) is 0 Å². The van der Waals surface area contributed by atoms with Gasteiger partial charge >= 0.3 is 0 Å². The number of hydrogen-bond donors (Lipinski definition) is 0. The first-order valence-electron chi connectivity index (χ1n) is 5.99. The standard InChI is InChI=1S/C15H12ClN3/c16-15-17-11-19(13-9-5-2-6-10-13)14(18-15)12-7-3-1-4-8-12/h1-11,15H. The second kappa shape index (κ2) is 5.24. The molecule has 0 radical (unpaired) electrons. The van der Waals surface area contributed by atoms with Crippen molar-refractivity contribution < 1.29 is 0 Å². The van der Waals surface area contributed by atoms with Crippen LogP contribution in [0.5, 0.6) is 0 Å². The summed E-state index contributed by atoms with van der Waals surface area (Å²) in [5.41, 5.74) is 1.47. The second-order valence-electron chi connectivity index (χ2n) is 4.10. The van der Waals surface area contributed by atoms with Gasteiger partial charge in [-0.15, -0.1) is 0 Å². The molecule has 0 saturated heterocycles. The first kappa shape index (κ1) is 11.9. The summed E-state index contributed by atoms with van der Waals surface area (Å²) >= 11 is 6.00. The van der Waals surface area contributed by atoms with Gasteiger partial charge in [0.25, 0.3) is 0 Å². The van der Waals surface area contributed by atoms with Crippen molar-refractivity contribution in [3.05, 3.63) is 66.2 Å². The number of anilines is 1. The van der Waals surface area contributed by atoms with E-state index in [4.69, 9.17) is 11.6 Å². The lowest BCUT2D eigenvalue weighted by molar-refractivity contribution is 0.952. The predicted molar refractivity (Wildman–Crippen MR) is 80.0 cm³/mol. The minimum Gasteiger partial charge on any atom is -0.285 e. The van der Waals surface area contributed by atoms with Crippen molar-refractivity contribution in [3.63, 3.8) is 0 Å². The van der Waals surface area contributed by atoms with E-state index >= 15 is 0 Å². The van der Waals surface area contributed by atoms with E-state index in [1.165, 1.54) is 0 Å². The normalized spacial score (nSPS) is 18.3. The molecule has 0 spiro atoms. The van der Waals surface area contributed by atoms with Gasteiger partial charge in [0.2, 0.25) is 5.62 Å². The summed E-state index contributed by atoms with van der Waals surface area (Å²) in [4.78, 5) is 10.5. The lowest BCUT2D eigenvalue weighted by Crippen LogP contribution is -2.34. The van der Waals surface area contributed by atoms with E-state index < -0.39 is 5.62 Å². The zero-order valence-electron chi connectivity index (χ0n) is 10.1. The zero-order valence-corrected chi connectivity index (χ0v) is 10.9. The fraction of sp³-hybridized carbons (Fsp3) is 0.0667. The Morgan fingerprint density at radius 2 is 1.53 bits per heavy atom.